The minimum Gasteiger partial charge on any atom is -0.497 e. The molecule has 2 atom stereocenters. The highest BCUT2D eigenvalue weighted by Crippen LogP contribution is 2.18. The zero-order valence-electron chi connectivity index (χ0n) is 12.7. The van der Waals surface area contributed by atoms with Crippen LogP contribution in [0.1, 0.15) is 24.8 Å². The number of benzene rings is 1. The number of nitrogens with zero attached hydrogens (tertiary/aromatic N) is 2. The SMILES string of the molecule is COc1cccc(C=CC(N)CC(=O)N2CCC[C@H]2C#N)c1. The van der Waals surface area contributed by atoms with Crippen molar-refractivity contribution in [1.82, 2.24) is 4.90 Å². The van der Waals surface area contributed by atoms with Crippen LogP contribution in [-0.4, -0.2) is 36.5 Å². The van der Waals surface area contributed by atoms with Crippen LogP contribution in [-0.2, 0) is 4.79 Å². The van der Waals surface area contributed by atoms with E-state index < -0.39 is 0 Å². The van der Waals surface area contributed by atoms with Gasteiger partial charge in [-0.1, -0.05) is 24.3 Å². The zero-order valence-corrected chi connectivity index (χ0v) is 12.7. The Kier molecular flexibility index (Phi) is 5.56. The number of methoxy groups -OCH3 is 1. The summed E-state index contributed by atoms with van der Waals surface area (Å²) in [7, 11) is 1.62. The van der Waals surface area contributed by atoms with Crippen molar-refractivity contribution in [2.24, 2.45) is 5.73 Å². The number of hydrogen-bond acceptors (Lipinski definition) is 4. The molecule has 22 heavy (non-hydrogen) atoms. The van der Waals surface area contributed by atoms with Crippen LogP contribution in [0.15, 0.2) is 30.3 Å². The number of hydrogen-bond donors (Lipinski definition) is 1. The van der Waals surface area contributed by atoms with Gasteiger partial charge in [-0.3, -0.25) is 4.79 Å². The van der Waals surface area contributed by atoms with Gasteiger partial charge in [-0.05, 0) is 30.5 Å². The molecule has 1 heterocycles. The van der Waals surface area contributed by atoms with Gasteiger partial charge in [0.2, 0.25) is 5.91 Å². The molecule has 2 N–H and O–H groups in total. The average molecular weight is 299 g/mol. The zero-order chi connectivity index (χ0) is 15.9. The van der Waals surface area contributed by atoms with E-state index >= 15 is 0 Å². The van der Waals surface area contributed by atoms with Crippen LogP contribution >= 0.6 is 0 Å². The first-order chi connectivity index (χ1) is 10.6. The van der Waals surface area contributed by atoms with Gasteiger partial charge >= 0.3 is 0 Å². The highest BCUT2D eigenvalue weighted by molar-refractivity contribution is 5.78. The summed E-state index contributed by atoms with van der Waals surface area (Å²) < 4.78 is 5.16. The third-order valence-corrected chi connectivity index (χ3v) is 3.76. The maximum absolute atomic E-state index is 12.2. The summed E-state index contributed by atoms with van der Waals surface area (Å²) >= 11 is 0. The van der Waals surface area contributed by atoms with E-state index in [1.165, 1.54) is 0 Å². The second kappa shape index (κ2) is 7.62. The van der Waals surface area contributed by atoms with Gasteiger partial charge in [-0.15, -0.1) is 0 Å². The lowest BCUT2D eigenvalue weighted by atomic mass is 10.1. The Hall–Kier alpha value is -2.32. The summed E-state index contributed by atoms with van der Waals surface area (Å²) in [6.45, 7) is 0.656. The highest BCUT2D eigenvalue weighted by Gasteiger charge is 2.28. The Bertz CT molecular complexity index is 592. The number of carbonyl (C=O) groups excluding carboxylic acids is 1. The predicted octanol–water partition coefficient (Wildman–Crippen LogP) is 1.94. The molecule has 0 aliphatic carbocycles. The first-order valence-electron chi connectivity index (χ1n) is 7.41. The fourth-order valence-corrected chi connectivity index (χ4v) is 2.57. The topological polar surface area (TPSA) is 79.3 Å². The number of nitriles is 1. The number of carbonyl (C=O) groups is 1. The summed E-state index contributed by atoms with van der Waals surface area (Å²) in [6.07, 6.45) is 5.56. The van der Waals surface area contributed by atoms with Gasteiger partial charge in [-0.25, -0.2) is 0 Å². The van der Waals surface area contributed by atoms with E-state index in [1.54, 1.807) is 12.0 Å². The van der Waals surface area contributed by atoms with Gasteiger partial charge in [-0.2, -0.15) is 5.26 Å². The maximum atomic E-state index is 12.2. The van der Waals surface area contributed by atoms with Crippen molar-refractivity contribution in [3.05, 3.63) is 35.9 Å². The third kappa shape index (κ3) is 4.09. The molecule has 1 aliphatic rings. The van der Waals surface area contributed by atoms with E-state index in [1.807, 2.05) is 36.4 Å². The molecule has 5 heteroatoms. The predicted molar refractivity (Wildman–Crippen MR) is 85.0 cm³/mol. The molecule has 0 saturated carbocycles. The van der Waals surface area contributed by atoms with E-state index in [2.05, 4.69) is 6.07 Å². The Balaban J connectivity index is 1.92. The van der Waals surface area contributed by atoms with Crippen LogP contribution in [0.4, 0.5) is 0 Å². The molecule has 1 unspecified atom stereocenters. The molecule has 116 valence electrons. The largest absolute Gasteiger partial charge is 0.497 e. The smallest absolute Gasteiger partial charge is 0.225 e. The molecule has 1 saturated heterocycles. The maximum Gasteiger partial charge on any atom is 0.225 e. The summed E-state index contributed by atoms with van der Waals surface area (Å²) in [5, 5.41) is 9.02. The fraction of sp³-hybridized carbons (Fsp3) is 0.412. The first-order valence-corrected chi connectivity index (χ1v) is 7.41. The van der Waals surface area contributed by atoms with E-state index in [-0.39, 0.29) is 24.4 Å². The lowest BCUT2D eigenvalue weighted by Gasteiger charge is -2.20. The molecular formula is C17H21N3O2. The molecule has 0 bridgehead atoms. The molecule has 5 nitrogen and oxygen atoms in total. The van der Waals surface area contributed by atoms with E-state index in [0.29, 0.717) is 6.54 Å². The van der Waals surface area contributed by atoms with Gasteiger partial charge in [0.05, 0.1) is 13.2 Å². The summed E-state index contributed by atoms with van der Waals surface area (Å²) in [6, 6.07) is 9.13. The minimum absolute atomic E-state index is 0.0492. The number of likely N-dealkylation sites (tertiary alicyclic amines) is 1. The normalized spacial score (nSPS) is 19.1. The Labute approximate surface area is 131 Å². The van der Waals surface area contributed by atoms with Crippen molar-refractivity contribution < 1.29 is 9.53 Å². The average Bonchev–Trinajstić information content (AvgIpc) is 3.02. The standard InChI is InChI=1S/C17H21N3O2/c1-22-16-6-2-4-13(10-16)7-8-14(19)11-17(21)20-9-3-5-15(20)12-18/h2,4,6-8,10,14-15H,3,5,9,11,19H2,1H3/t14?,15-/m0/s1. The van der Waals surface area contributed by atoms with Gasteiger partial charge in [0.1, 0.15) is 11.8 Å². The molecule has 1 aliphatic heterocycles. The summed E-state index contributed by atoms with van der Waals surface area (Å²) in [5.41, 5.74) is 6.97. The minimum atomic E-state index is -0.362. The quantitative estimate of drug-likeness (QED) is 0.901. The van der Waals surface area contributed by atoms with Crippen LogP contribution in [0, 0.1) is 11.3 Å². The van der Waals surface area contributed by atoms with Gasteiger partial charge in [0, 0.05) is 19.0 Å². The van der Waals surface area contributed by atoms with Gasteiger partial charge < -0.3 is 15.4 Å². The van der Waals surface area contributed by atoms with Crippen LogP contribution in [0.5, 0.6) is 5.75 Å². The third-order valence-electron chi connectivity index (χ3n) is 3.76. The highest BCUT2D eigenvalue weighted by atomic mass is 16.5. The van der Waals surface area contributed by atoms with Crippen molar-refractivity contribution in [3.8, 4) is 11.8 Å². The van der Waals surface area contributed by atoms with Gasteiger partial charge in [0.15, 0.2) is 0 Å². The van der Waals surface area contributed by atoms with Gasteiger partial charge in [0.25, 0.3) is 0 Å². The van der Waals surface area contributed by atoms with Crippen molar-refractivity contribution in [2.75, 3.05) is 13.7 Å². The molecular weight excluding hydrogens is 278 g/mol. The van der Waals surface area contributed by atoms with Crippen LogP contribution in [0.25, 0.3) is 6.08 Å². The Morgan fingerprint density at radius 1 is 1.64 bits per heavy atom. The molecule has 0 spiro atoms. The lowest BCUT2D eigenvalue weighted by Crippen LogP contribution is -2.37. The first kappa shape index (κ1) is 16.1. The fourth-order valence-electron chi connectivity index (χ4n) is 2.57. The molecule has 1 amide bonds. The van der Waals surface area contributed by atoms with Crippen LogP contribution in [0.2, 0.25) is 0 Å². The Morgan fingerprint density at radius 2 is 2.45 bits per heavy atom. The number of nitrogens with two attached hydrogens (primary N) is 1. The molecule has 1 aromatic rings. The van der Waals surface area contributed by atoms with Crippen LogP contribution < -0.4 is 10.5 Å². The van der Waals surface area contributed by atoms with Crippen LogP contribution in [0.3, 0.4) is 0 Å². The molecule has 0 radical (unpaired) electrons. The summed E-state index contributed by atoms with van der Waals surface area (Å²) in [4.78, 5) is 13.8. The van der Waals surface area contributed by atoms with Crippen molar-refractivity contribution >= 4 is 12.0 Å². The van der Waals surface area contributed by atoms with Crippen molar-refractivity contribution in [3.63, 3.8) is 0 Å². The number of rotatable bonds is 5. The summed E-state index contributed by atoms with van der Waals surface area (Å²) in [5.74, 6) is 0.729. The molecule has 1 aromatic carbocycles. The monoisotopic (exact) mass is 299 g/mol. The molecule has 2 rings (SSSR count). The van der Waals surface area contributed by atoms with E-state index in [4.69, 9.17) is 15.7 Å². The lowest BCUT2D eigenvalue weighted by molar-refractivity contribution is -0.131. The number of amides is 1. The van der Waals surface area contributed by atoms with E-state index in [9.17, 15) is 4.79 Å². The second-order valence-electron chi connectivity index (χ2n) is 5.38. The molecule has 1 fully saturated rings. The van der Waals surface area contributed by atoms with Crippen molar-refractivity contribution in [2.45, 2.75) is 31.3 Å². The van der Waals surface area contributed by atoms with Crippen molar-refractivity contribution in [1.29, 1.82) is 5.26 Å². The second-order valence-corrected chi connectivity index (χ2v) is 5.38. The van der Waals surface area contributed by atoms with E-state index in [0.717, 1.165) is 24.2 Å². The Morgan fingerprint density at radius 3 is 3.18 bits per heavy atom. The molecule has 0 aromatic heterocycles. The number of ether oxygens (including phenoxy) is 1.